The number of aliphatic carboxylic acids is 1. The number of hydrogen-bond acceptors (Lipinski definition) is 4. The van der Waals surface area contributed by atoms with Gasteiger partial charge in [0.2, 0.25) is 17.7 Å². The van der Waals surface area contributed by atoms with Gasteiger partial charge in [-0.15, -0.1) is 0 Å². The summed E-state index contributed by atoms with van der Waals surface area (Å²) in [4.78, 5) is 46.1. The lowest BCUT2D eigenvalue weighted by molar-refractivity contribution is -0.154. The Morgan fingerprint density at radius 3 is 1.65 bits per heavy atom. The average Bonchev–Trinajstić information content (AvgIpc) is 2.33. The first-order valence-corrected chi connectivity index (χ1v) is 6.26. The number of carboxylic acid groups (broad SMARTS) is 1. The van der Waals surface area contributed by atoms with Crippen molar-refractivity contribution in [2.45, 2.75) is 33.1 Å². The molecule has 8 heteroatoms. The van der Waals surface area contributed by atoms with E-state index in [9.17, 15) is 24.3 Å². The third-order valence-electron chi connectivity index (χ3n) is 3.34. The normalized spacial score (nSPS) is 10.9. The van der Waals surface area contributed by atoms with Gasteiger partial charge in [0.15, 0.2) is 0 Å². The number of amides is 3. The van der Waals surface area contributed by atoms with E-state index in [1.165, 1.54) is 0 Å². The minimum absolute atomic E-state index is 0.256. The maximum absolute atomic E-state index is 12.1. The first kappa shape index (κ1) is 17.9. The summed E-state index contributed by atoms with van der Waals surface area (Å²) in [6.07, 6.45) is 0.201. The molecule has 0 heterocycles. The van der Waals surface area contributed by atoms with Crippen molar-refractivity contribution in [1.82, 2.24) is 4.90 Å². The second kappa shape index (κ2) is 7.46. The fourth-order valence-electron chi connectivity index (χ4n) is 1.89. The molecule has 0 unspecified atom stereocenters. The molecule has 8 nitrogen and oxygen atoms in total. The highest BCUT2D eigenvalue weighted by Crippen LogP contribution is 2.31. The molecule has 0 aromatic heterocycles. The van der Waals surface area contributed by atoms with Crippen molar-refractivity contribution in [2.24, 2.45) is 16.9 Å². The Kier molecular flexibility index (Phi) is 6.67. The molecule has 114 valence electrons. The van der Waals surface area contributed by atoms with Gasteiger partial charge in [0, 0.05) is 6.42 Å². The van der Waals surface area contributed by atoms with Gasteiger partial charge in [0.1, 0.15) is 0 Å². The third kappa shape index (κ3) is 4.87. The lowest BCUT2D eigenvalue weighted by Gasteiger charge is -2.29. The van der Waals surface area contributed by atoms with Gasteiger partial charge < -0.3 is 21.5 Å². The summed E-state index contributed by atoms with van der Waals surface area (Å²) < 4.78 is 0. The summed E-state index contributed by atoms with van der Waals surface area (Å²) in [7, 11) is 0. The molecule has 0 aliphatic heterocycles. The highest BCUT2D eigenvalue weighted by Gasteiger charge is 2.38. The number of rotatable bonds is 9. The van der Waals surface area contributed by atoms with Crippen LogP contribution in [0.25, 0.3) is 0 Å². The molecule has 5 N–H and O–H groups in total. The minimum atomic E-state index is -1.22. The van der Waals surface area contributed by atoms with Crippen LogP contribution in [0.5, 0.6) is 0 Å². The van der Waals surface area contributed by atoms with Crippen molar-refractivity contribution in [3.05, 3.63) is 0 Å². The monoisotopic (exact) mass is 287 g/mol. The van der Waals surface area contributed by atoms with Gasteiger partial charge in [0.05, 0.1) is 18.5 Å². The molecule has 0 aromatic rings. The Morgan fingerprint density at radius 1 is 1.00 bits per heavy atom. The van der Waals surface area contributed by atoms with E-state index in [4.69, 9.17) is 11.5 Å². The number of carbonyl (C=O) groups excluding carboxylic acids is 3. The fourth-order valence-corrected chi connectivity index (χ4v) is 1.89. The minimum Gasteiger partial charge on any atom is -0.481 e. The quantitative estimate of drug-likeness (QED) is 0.501. The van der Waals surface area contributed by atoms with Crippen molar-refractivity contribution in [3.8, 4) is 0 Å². The van der Waals surface area contributed by atoms with Crippen LogP contribution < -0.4 is 11.5 Å². The molecule has 0 aliphatic rings. The molecule has 0 saturated carbocycles. The number of primary amides is 2. The smallest absolute Gasteiger partial charge is 0.310 e. The average molecular weight is 287 g/mol. The maximum Gasteiger partial charge on any atom is 0.310 e. The molecule has 0 bridgehead atoms. The predicted octanol–water partition coefficient (Wildman–Crippen LogP) is -0.933. The second-order valence-corrected chi connectivity index (χ2v) is 4.65. The van der Waals surface area contributed by atoms with Crippen molar-refractivity contribution in [1.29, 1.82) is 0 Å². The number of hydrogen-bond donors (Lipinski definition) is 3. The van der Waals surface area contributed by atoms with Gasteiger partial charge >= 0.3 is 5.97 Å². The number of nitrogens with zero attached hydrogens (tertiary/aromatic N) is 1. The van der Waals surface area contributed by atoms with E-state index in [1.807, 2.05) is 0 Å². The molecule has 0 radical (unpaired) electrons. The van der Waals surface area contributed by atoms with Crippen LogP contribution in [0.15, 0.2) is 0 Å². The predicted molar refractivity (Wildman–Crippen MR) is 70.2 cm³/mol. The van der Waals surface area contributed by atoms with Crippen LogP contribution >= 0.6 is 0 Å². The van der Waals surface area contributed by atoms with Crippen LogP contribution in [0.1, 0.15) is 33.1 Å². The molecule has 0 aromatic carbocycles. The number of carbonyl (C=O) groups is 4. The number of nitrogens with two attached hydrogens (primary N) is 2. The van der Waals surface area contributed by atoms with E-state index in [0.717, 1.165) is 4.90 Å². The van der Waals surface area contributed by atoms with E-state index in [0.29, 0.717) is 0 Å². The molecule has 0 aliphatic carbocycles. The molecule has 20 heavy (non-hydrogen) atoms. The van der Waals surface area contributed by atoms with Gasteiger partial charge in [-0.25, -0.2) is 0 Å². The summed E-state index contributed by atoms with van der Waals surface area (Å²) in [5.74, 6) is -3.32. The SMILES string of the molecule is CCC(CC)(CC(=O)N(CC(N)=O)CC(N)=O)C(=O)O. The molecule has 0 fully saturated rings. The van der Waals surface area contributed by atoms with Crippen LogP contribution in [-0.4, -0.2) is 46.8 Å². The summed E-state index contributed by atoms with van der Waals surface area (Å²) in [6.45, 7) is 2.39. The Morgan fingerprint density at radius 2 is 1.40 bits per heavy atom. The lowest BCUT2D eigenvalue weighted by Crippen LogP contribution is -2.46. The van der Waals surface area contributed by atoms with E-state index in [1.54, 1.807) is 13.8 Å². The third-order valence-corrected chi connectivity index (χ3v) is 3.34. The zero-order valence-electron chi connectivity index (χ0n) is 11.7. The van der Waals surface area contributed by atoms with Gasteiger partial charge in [-0.3, -0.25) is 19.2 Å². The fraction of sp³-hybridized carbons (Fsp3) is 0.667. The Hall–Kier alpha value is -2.12. The maximum atomic E-state index is 12.1. The summed E-state index contributed by atoms with van der Waals surface area (Å²) in [5, 5.41) is 9.26. The first-order valence-electron chi connectivity index (χ1n) is 6.26. The number of carboxylic acids is 1. The van der Waals surface area contributed by atoms with E-state index < -0.39 is 42.2 Å². The van der Waals surface area contributed by atoms with Crippen molar-refractivity contribution < 1.29 is 24.3 Å². The Balaban J connectivity index is 5.10. The van der Waals surface area contributed by atoms with Gasteiger partial charge in [-0.2, -0.15) is 0 Å². The van der Waals surface area contributed by atoms with Crippen LogP contribution in [0.4, 0.5) is 0 Å². The zero-order chi connectivity index (χ0) is 15.9. The van der Waals surface area contributed by atoms with Crippen molar-refractivity contribution in [2.75, 3.05) is 13.1 Å². The molecule has 3 amide bonds. The highest BCUT2D eigenvalue weighted by atomic mass is 16.4. The largest absolute Gasteiger partial charge is 0.481 e. The van der Waals surface area contributed by atoms with E-state index >= 15 is 0 Å². The molecule has 0 saturated heterocycles. The molecule has 0 rings (SSSR count). The van der Waals surface area contributed by atoms with Crippen LogP contribution in [0, 0.1) is 5.41 Å². The van der Waals surface area contributed by atoms with Crippen LogP contribution in [0.2, 0.25) is 0 Å². The Labute approximate surface area is 117 Å². The summed E-state index contributed by atoms with van der Waals surface area (Å²) >= 11 is 0. The first-order chi connectivity index (χ1) is 9.18. The van der Waals surface area contributed by atoms with Crippen molar-refractivity contribution in [3.63, 3.8) is 0 Å². The van der Waals surface area contributed by atoms with Gasteiger partial charge in [-0.05, 0) is 12.8 Å². The van der Waals surface area contributed by atoms with Crippen molar-refractivity contribution >= 4 is 23.7 Å². The summed E-state index contributed by atoms with van der Waals surface area (Å²) in [6, 6.07) is 0. The van der Waals surface area contributed by atoms with E-state index in [2.05, 4.69) is 0 Å². The lowest BCUT2D eigenvalue weighted by atomic mass is 9.79. The van der Waals surface area contributed by atoms with Gasteiger partial charge in [-0.1, -0.05) is 13.8 Å². The molecule has 0 atom stereocenters. The van der Waals surface area contributed by atoms with Crippen LogP contribution in [-0.2, 0) is 19.2 Å². The molecule has 0 spiro atoms. The van der Waals surface area contributed by atoms with Gasteiger partial charge in [0.25, 0.3) is 0 Å². The molecular formula is C12H21N3O5. The van der Waals surface area contributed by atoms with Crippen LogP contribution in [0.3, 0.4) is 0 Å². The Bertz CT molecular complexity index is 388. The molecular weight excluding hydrogens is 266 g/mol. The zero-order valence-corrected chi connectivity index (χ0v) is 11.7. The summed E-state index contributed by atoms with van der Waals surface area (Å²) in [5.41, 5.74) is 8.77. The highest BCUT2D eigenvalue weighted by molar-refractivity contribution is 5.90. The second-order valence-electron chi connectivity index (χ2n) is 4.65. The topological polar surface area (TPSA) is 144 Å². The van der Waals surface area contributed by atoms with E-state index in [-0.39, 0.29) is 19.3 Å². The standard InChI is InChI=1S/C12H21N3O5/c1-3-12(4-2,11(19)20)5-10(18)15(6-8(13)16)7-9(14)17/h3-7H2,1-2H3,(H2,13,16)(H2,14,17)(H,19,20).